The number of ether oxygens (including phenoxy) is 1. The number of nitrogens with one attached hydrogen (secondary N) is 1. The quantitative estimate of drug-likeness (QED) is 0.568. The summed E-state index contributed by atoms with van der Waals surface area (Å²) < 4.78 is 4.87. The lowest BCUT2D eigenvalue weighted by Gasteiger charge is -2.24. The van der Waals surface area contributed by atoms with Gasteiger partial charge in [-0.3, -0.25) is 9.69 Å². The first-order chi connectivity index (χ1) is 7.49. The molecule has 0 aromatic heterocycles. The third kappa shape index (κ3) is 6.76. The lowest BCUT2D eigenvalue weighted by Crippen LogP contribution is -2.45. The van der Waals surface area contributed by atoms with Crippen LogP contribution in [0.25, 0.3) is 0 Å². The van der Waals surface area contributed by atoms with Crippen LogP contribution in [0.1, 0.15) is 20.3 Å². The van der Waals surface area contributed by atoms with Crippen LogP contribution in [0.3, 0.4) is 0 Å². The number of methoxy groups -OCH3 is 1. The van der Waals surface area contributed by atoms with Gasteiger partial charge in [0.2, 0.25) is 5.91 Å². The van der Waals surface area contributed by atoms with Crippen LogP contribution in [-0.4, -0.2) is 56.7 Å². The molecule has 1 amide bonds. The molecule has 0 rings (SSSR count). The Hall–Kier alpha value is -0.650. The van der Waals surface area contributed by atoms with Gasteiger partial charge in [-0.05, 0) is 27.3 Å². The molecule has 0 radical (unpaired) electrons. The molecule has 5 nitrogen and oxygen atoms in total. The first-order valence-electron chi connectivity index (χ1n) is 5.71. The first kappa shape index (κ1) is 15.3. The molecule has 0 bridgehead atoms. The Kier molecular flexibility index (Phi) is 8.15. The summed E-state index contributed by atoms with van der Waals surface area (Å²) in [6.07, 6.45) is 0.895. The molecule has 0 aliphatic heterocycles. The van der Waals surface area contributed by atoms with Crippen molar-refractivity contribution in [3.8, 4) is 0 Å². The van der Waals surface area contributed by atoms with Crippen molar-refractivity contribution in [1.29, 1.82) is 0 Å². The molecule has 0 spiro atoms. The van der Waals surface area contributed by atoms with Crippen LogP contribution in [0.15, 0.2) is 0 Å². The summed E-state index contributed by atoms with van der Waals surface area (Å²) in [5.74, 6) is 0.0317. The maximum Gasteiger partial charge on any atom is 0.237 e. The standard InChI is InChI=1S/C11H25N3O2/c1-9(12)5-7-14(3)10(2)11(15)13-6-8-16-4/h9-10H,5-8,12H2,1-4H3,(H,13,15). The molecule has 96 valence electrons. The van der Waals surface area contributed by atoms with Gasteiger partial charge in [0, 0.05) is 26.2 Å². The van der Waals surface area contributed by atoms with E-state index in [0.29, 0.717) is 13.2 Å². The smallest absolute Gasteiger partial charge is 0.237 e. The number of amides is 1. The topological polar surface area (TPSA) is 67.6 Å². The van der Waals surface area contributed by atoms with Crippen LogP contribution in [0.4, 0.5) is 0 Å². The molecule has 0 saturated carbocycles. The minimum Gasteiger partial charge on any atom is -0.383 e. The molecule has 0 fully saturated rings. The van der Waals surface area contributed by atoms with E-state index in [9.17, 15) is 4.79 Å². The fourth-order valence-corrected chi connectivity index (χ4v) is 1.23. The zero-order chi connectivity index (χ0) is 12.6. The number of hydrogen-bond acceptors (Lipinski definition) is 4. The Balaban J connectivity index is 3.82. The highest BCUT2D eigenvalue weighted by atomic mass is 16.5. The molecule has 0 aromatic rings. The van der Waals surface area contributed by atoms with Gasteiger partial charge in [0.05, 0.1) is 12.6 Å². The van der Waals surface area contributed by atoms with Crippen molar-refractivity contribution in [1.82, 2.24) is 10.2 Å². The molecular formula is C11H25N3O2. The molecule has 0 heterocycles. The Labute approximate surface area is 98.3 Å². The summed E-state index contributed by atoms with van der Waals surface area (Å²) in [7, 11) is 3.55. The maximum absolute atomic E-state index is 11.7. The predicted octanol–water partition coefficient (Wildman–Crippen LogP) is -0.193. The second kappa shape index (κ2) is 8.50. The molecule has 0 saturated heterocycles. The summed E-state index contributed by atoms with van der Waals surface area (Å²) >= 11 is 0. The number of carbonyl (C=O) groups excluding carboxylic acids is 1. The summed E-state index contributed by atoms with van der Waals surface area (Å²) in [5, 5.41) is 2.82. The highest BCUT2D eigenvalue weighted by Gasteiger charge is 2.17. The van der Waals surface area contributed by atoms with Gasteiger partial charge < -0.3 is 15.8 Å². The zero-order valence-corrected chi connectivity index (χ0v) is 10.8. The molecule has 0 aromatic carbocycles. The lowest BCUT2D eigenvalue weighted by molar-refractivity contribution is -0.125. The SMILES string of the molecule is COCCNC(=O)C(C)N(C)CCC(C)N. The van der Waals surface area contributed by atoms with Gasteiger partial charge in [0.25, 0.3) is 0 Å². The molecule has 16 heavy (non-hydrogen) atoms. The average molecular weight is 231 g/mol. The largest absolute Gasteiger partial charge is 0.383 e. The highest BCUT2D eigenvalue weighted by Crippen LogP contribution is 1.98. The van der Waals surface area contributed by atoms with Crippen LogP contribution in [0.2, 0.25) is 0 Å². The molecular weight excluding hydrogens is 206 g/mol. The second-order valence-electron chi connectivity index (χ2n) is 4.21. The number of hydrogen-bond donors (Lipinski definition) is 2. The summed E-state index contributed by atoms with van der Waals surface area (Å²) in [6, 6.07) is 0.0433. The van der Waals surface area contributed by atoms with E-state index in [1.807, 2.05) is 25.8 Å². The Morgan fingerprint density at radius 2 is 2.12 bits per heavy atom. The molecule has 0 aliphatic rings. The number of nitrogens with zero attached hydrogens (tertiary/aromatic N) is 1. The summed E-state index contributed by atoms with van der Waals surface area (Å²) in [5.41, 5.74) is 5.67. The number of carbonyl (C=O) groups is 1. The van der Waals surface area contributed by atoms with Crippen molar-refractivity contribution in [2.24, 2.45) is 5.73 Å². The third-order valence-corrected chi connectivity index (χ3v) is 2.58. The van der Waals surface area contributed by atoms with Gasteiger partial charge in [0.1, 0.15) is 0 Å². The Morgan fingerprint density at radius 1 is 1.50 bits per heavy atom. The fraction of sp³-hybridized carbons (Fsp3) is 0.909. The van der Waals surface area contributed by atoms with Crippen LogP contribution >= 0.6 is 0 Å². The molecule has 0 aliphatic carbocycles. The minimum atomic E-state index is -0.129. The van der Waals surface area contributed by atoms with Crippen molar-refractivity contribution < 1.29 is 9.53 Å². The average Bonchev–Trinajstić information content (AvgIpc) is 2.24. The number of rotatable bonds is 8. The Bertz CT molecular complexity index is 198. The van der Waals surface area contributed by atoms with E-state index in [-0.39, 0.29) is 18.0 Å². The van der Waals surface area contributed by atoms with Gasteiger partial charge in [-0.2, -0.15) is 0 Å². The van der Waals surface area contributed by atoms with Gasteiger partial charge >= 0.3 is 0 Å². The zero-order valence-electron chi connectivity index (χ0n) is 10.8. The first-order valence-corrected chi connectivity index (χ1v) is 5.71. The van der Waals surface area contributed by atoms with Crippen LogP contribution in [-0.2, 0) is 9.53 Å². The van der Waals surface area contributed by atoms with E-state index >= 15 is 0 Å². The van der Waals surface area contributed by atoms with Crippen molar-refractivity contribution >= 4 is 5.91 Å². The predicted molar refractivity (Wildman–Crippen MR) is 65.2 cm³/mol. The molecule has 3 N–H and O–H groups in total. The monoisotopic (exact) mass is 231 g/mol. The lowest BCUT2D eigenvalue weighted by atomic mass is 10.2. The molecule has 2 unspecified atom stereocenters. The third-order valence-electron chi connectivity index (χ3n) is 2.58. The van der Waals surface area contributed by atoms with Crippen molar-refractivity contribution in [2.45, 2.75) is 32.4 Å². The van der Waals surface area contributed by atoms with Crippen LogP contribution < -0.4 is 11.1 Å². The fourth-order valence-electron chi connectivity index (χ4n) is 1.23. The number of likely N-dealkylation sites (N-methyl/N-ethyl adjacent to an activating group) is 1. The van der Waals surface area contributed by atoms with E-state index in [1.165, 1.54) is 0 Å². The summed E-state index contributed by atoms with van der Waals surface area (Å²) in [6.45, 7) is 5.79. The van der Waals surface area contributed by atoms with Crippen LogP contribution in [0.5, 0.6) is 0 Å². The van der Waals surface area contributed by atoms with Crippen molar-refractivity contribution in [3.63, 3.8) is 0 Å². The van der Waals surface area contributed by atoms with E-state index in [2.05, 4.69) is 5.32 Å². The normalized spacial score (nSPS) is 14.9. The van der Waals surface area contributed by atoms with Gasteiger partial charge in [-0.15, -0.1) is 0 Å². The Morgan fingerprint density at radius 3 is 2.62 bits per heavy atom. The van der Waals surface area contributed by atoms with Crippen molar-refractivity contribution in [2.75, 3.05) is 33.9 Å². The van der Waals surface area contributed by atoms with E-state index in [1.54, 1.807) is 7.11 Å². The number of nitrogens with two attached hydrogens (primary N) is 1. The van der Waals surface area contributed by atoms with Gasteiger partial charge in [-0.25, -0.2) is 0 Å². The molecule has 5 heteroatoms. The van der Waals surface area contributed by atoms with Crippen LogP contribution in [0, 0.1) is 0 Å². The van der Waals surface area contributed by atoms with E-state index < -0.39 is 0 Å². The second-order valence-corrected chi connectivity index (χ2v) is 4.21. The maximum atomic E-state index is 11.7. The highest BCUT2D eigenvalue weighted by molar-refractivity contribution is 5.81. The van der Waals surface area contributed by atoms with Crippen molar-refractivity contribution in [3.05, 3.63) is 0 Å². The van der Waals surface area contributed by atoms with E-state index in [4.69, 9.17) is 10.5 Å². The van der Waals surface area contributed by atoms with E-state index in [0.717, 1.165) is 13.0 Å². The summed E-state index contributed by atoms with van der Waals surface area (Å²) in [4.78, 5) is 13.7. The van der Waals surface area contributed by atoms with Gasteiger partial charge in [-0.1, -0.05) is 0 Å². The minimum absolute atomic E-state index is 0.0317. The van der Waals surface area contributed by atoms with Gasteiger partial charge in [0.15, 0.2) is 0 Å². The molecule has 2 atom stereocenters.